The molecule has 2 N–H and O–H groups in total. The number of piperidine rings is 1. The van der Waals surface area contributed by atoms with E-state index in [2.05, 4.69) is 43.2 Å². The molecule has 0 atom stereocenters. The first kappa shape index (κ1) is 21.5. The van der Waals surface area contributed by atoms with E-state index >= 15 is 0 Å². The quantitative estimate of drug-likeness (QED) is 0.528. The topological polar surface area (TPSA) is 107 Å². The zero-order valence-corrected chi connectivity index (χ0v) is 18.9. The Balaban J connectivity index is 1.55. The number of carboxylic acid groups (broad SMARTS) is 1. The van der Waals surface area contributed by atoms with Crippen molar-refractivity contribution in [1.29, 1.82) is 0 Å². The minimum absolute atomic E-state index is 0.0308. The number of carbonyl (C=O) groups is 2. The highest BCUT2D eigenvalue weighted by atomic mass is 79.9. The van der Waals surface area contributed by atoms with Gasteiger partial charge in [0.05, 0.1) is 24.7 Å². The highest BCUT2D eigenvalue weighted by Gasteiger charge is 2.28. The number of hydrogen-bond acceptors (Lipinski definition) is 5. The van der Waals surface area contributed by atoms with E-state index in [1.54, 1.807) is 6.20 Å². The third kappa shape index (κ3) is 4.96. The van der Waals surface area contributed by atoms with Crippen LogP contribution in [-0.2, 0) is 29.1 Å². The van der Waals surface area contributed by atoms with Crippen LogP contribution in [0.4, 0.5) is 0 Å². The van der Waals surface area contributed by atoms with Crippen molar-refractivity contribution in [3.63, 3.8) is 0 Å². The Morgan fingerprint density at radius 3 is 2.84 bits per heavy atom. The number of halogens is 1. The molecule has 0 aliphatic carbocycles. The van der Waals surface area contributed by atoms with Crippen LogP contribution in [0.3, 0.4) is 0 Å². The van der Waals surface area contributed by atoms with E-state index in [-0.39, 0.29) is 24.9 Å². The largest absolute Gasteiger partial charge is 0.480 e. The van der Waals surface area contributed by atoms with Crippen molar-refractivity contribution in [3.8, 4) is 0 Å². The summed E-state index contributed by atoms with van der Waals surface area (Å²) in [5.41, 5.74) is 2.52. The van der Waals surface area contributed by atoms with Crippen LogP contribution in [0.5, 0.6) is 0 Å². The lowest BCUT2D eigenvalue weighted by Crippen LogP contribution is -2.46. The Kier molecular flexibility index (Phi) is 6.38. The molecule has 0 radical (unpaired) electrons. The Morgan fingerprint density at radius 1 is 1.32 bits per heavy atom. The molecule has 1 fully saturated rings. The van der Waals surface area contributed by atoms with E-state index in [1.807, 2.05) is 29.3 Å². The van der Waals surface area contributed by atoms with Crippen molar-refractivity contribution < 1.29 is 14.7 Å². The summed E-state index contributed by atoms with van der Waals surface area (Å²) in [5.74, 6) is -0.951. The van der Waals surface area contributed by atoms with Gasteiger partial charge in [0, 0.05) is 22.1 Å². The van der Waals surface area contributed by atoms with Crippen molar-refractivity contribution in [2.75, 3.05) is 20.1 Å². The lowest BCUT2D eigenvalue weighted by Gasteiger charge is -2.37. The third-order valence-corrected chi connectivity index (χ3v) is 6.42. The van der Waals surface area contributed by atoms with Crippen LogP contribution in [0.15, 0.2) is 35.1 Å². The van der Waals surface area contributed by atoms with Crippen molar-refractivity contribution in [3.05, 3.63) is 46.3 Å². The molecule has 31 heavy (non-hydrogen) atoms. The van der Waals surface area contributed by atoms with Crippen molar-refractivity contribution in [1.82, 2.24) is 29.8 Å². The second kappa shape index (κ2) is 9.19. The fraction of sp³-hybridized carbons (Fsp3) is 0.429. The molecule has 0 bridgehead atoms. The number of hydrogen-bond donors (Lipinski definition) is 2. The Bertz CT molecular complexity index is 1090. The number of nitrogens with one attached hydrogen (secondary N) is 1. The molecule has 164 valence electrons. The first-order valence-corrected chi connectivity index (χ1v) is 11.0. The highest BCUT2D eigenvalue weighted by molar-refractivity contribution is 9.10. The summed E-state index contributed by atoms with van der Waals surface area (Å²) < 4.78 is 2.25. The minimum atomic E-state index is -0.981. The molecule has 1 aliphatic heterocycles. The zero-order chi connectivity index (χ0) is 22.0. The van der Waals surface area contributed by atoms with Gasteiger partial charge in [-0.05, 0) is 60.5 Å². The molecule has 3 aromatic rings. The molecular formula is C21H25BrN6O3. The molecule has 1 amide bonds. The molecule has 0 saturated carbocycles. The molecule has 1 aromatic carbocycles. The van der Waals surface area contributed by atoms with E-state index in [0.29, 0.717) is 12.2 Å². The summed E-state index contributed by atoms with van der Waals surface area (Å²) in [7, 11) is 2.09. The normalized spacial score (nSPS) is 15.4. The summed E-state index contributed by atoms with van der Waals surface area (Å²) in [6.07, 6.45) is 5.57. The van der Waals surface area contributed by atoms with Gasteiger partial charge in [-0.2, -0.15) is 0 Å². The highest BCUT2D eigenvalue weighted by Crippen LogP contribution is 2.27. The van der Waals surface area contributed by atoms with Gasteiger partial charge in [-0.1, -0.05) is 17.3 Å². The molecular weight excluding hydrogens is 464 g/mol. The molecule has 1 aliphatic rings. The number of fused-ring (bicyclic) bond motifs is 1. The maximum Gasteiger partial charge on any atom is 0.325 e. The summed E-state index contributed by atoms with van der Waals surface area (Å²) in [4.78, 5) is 31.8. The lowest BCUT2D eigenvalue weighted by atomic mass is 10.0. The molecule has 1 saturated heterocycles. The van der Waals surface area contributed by atoms with Gasteiger partial charge in [0.15, 0.2) is 0 Å². The first-order valence-electron chi connectivity index (χ1n) is 10.2. The molecule has 3 heterocycles. The summed E-state index contributed by atoms with van der Waals surface area (Å²) in [6.45, 7) is 1.93. The molecule has 9 nitrogen and oxygen atoms in total. The van der Waals surface area contributed by atoms with Crippen molar-refractivity contribution in [2.45, 2.75) is 38.4 Å². The van der Waals surface area contributed by atoms with E-state index in [9.17, 15) is 9.59 Å². The summed E-state index contributed by atoms with van der Waals surface area (Å²) in [5, 5.41) is 18.0. The van der Waals surface area contributed by atoms with Crippen LogP contribution in [0, 0.1) is 0 Å². The smallest absolute Gasteiger partial charge is 0.325 e. The number of carboxylic acids is 1. The molecule has 4 rings (SSSR count). The van der Waals surface area contributed by atoms with Crippen LogP contribution in [0.25, 0.3) is 10.9 Å². The molecule has 2 aromatic heterocycles. The third-order valence-electron chi connectivity index (χ3n) is 5.76. The number of carbonyl (C=O) groups excluding carboxylic acids is 1. The molecule has 0 spiro atoms. The van der Waals surface area contributed by atoms with E-state index in [4.69, 9.17) is 5.11 Å². The minimum Gasteiger partial charge on any atom is -0.480 e. The van der Waals surface area contributed by atoms with Gasteiger partial charge < -0.3 is 19.9 Å². The SMILES string of the molecule is CN1CCC(N(Cc2cn(CC(=O)O)nn2)C(=O)Cc2c[nH]c3c(Br)cccc23)CC1. The number of benzene rings is 1. The predicted octanol–water partition coefficient (Wildman–Crippen LogP) is 2.27. The number of likely N-dealkylation sites (tertiary alicyclic amines) is 1. The summed E-state index contributed by atoms with van der Waals surface area (Å²) in [6, 6.07) is 6.06. The maximum atomic E-state index is 13.4. The van der Waals surface area contributed by atoms with Gasteiger partial charge in [-0.3, -0.25) is 9.59 Å². The van der Waals surface area contributed by atoms with Crippen molar-refractivity contribution >= 4 is 38.7 Å². The van der Waals surface area contributed by atoms with Gasteiger partial charge in [-0.25, -0.2) is 4.68 Å². The number of aromatic nitrogens is 4. The van der Waals surface area contributed by atoms with Gasteiger partial charge >= 0.3 is 5.97 Å². The van der Waals surface area contributed by atoms with Crippen molar-refractivity contribution in [2.24, 2.45) is 0 Å². The average Bonchev–Trinajstić information content (AvgIpc) is 3.34. The number of para-hydroxylation sites is 1. The van der Waals surface area contributed by atoms with Gasteiger partial charge in [0.25, 0.3) is 0 Å². The van der Waals surface area contributed by atoms with Crippen LogP contribution in [0.1, 0.15) is 24.1 Å². The van der Waals surface area contributed by atoms with E-state index in [0.717, 1.165) is 46.9 Å². The van der Waals surface area contributed by atoms with Gasteiger partial charge in [0.2, 0.25) is 5.91 Å². The fourth-order valence-electron chi connectivity index (χ4n) is 4.12. The zero-order valence-electron chi connectivity index (χ0n) is 17.3. The van der Waals surface area contributed by atoms with Crippen LogP contribution in [0.2, 0.25) is 0 Å². The van der Waals surface area contributed by atoms with Crippen LogP contribution < -0.4 is 0 Å². The molecule has 10 heteroatoms. The molecule has 0 unspecified atom stereocenters. The second-order valence-corrected chi connectivity index (χ2v) is 8.86. The number of amides is 1. The predicted molar refractivity (Wildman–Crippen MR) is 118 cm³/mol. The Hall–Kier alpha value is -2.72. The van der Waals surface area contributed by atoms with E-state index < -0.39 is 5.97 Å². The maximum absolute atomic E-state index is 13.4. The van der Waals surface area contributed by atoms with Gasteiger partial charge in [-0.15, -0.1) is 5.10 Å². The number of aromatic amines is 1. The fourth-order valence-corrected chi connectivity index (χ4v) is 4.60. The van der Waals surface area contributed by atoms with Crippen LogP contribution in [-0.4, -0.2) is 72.9 Å². The number of aliphatic carboxylic acids is 1. The van der Waals surface area contributed by atoms with Gasteiger partial charge in [0.1, 0.15) is 12.2 Å². The first-order chi connectivity index (χ1) is 14.9. The average molecular weight is 489 g/mol. The second-order valence-electron chi connectivity index (χ2n) is 8.01. The summed E-state index contributed by atoms with van der Waals surface area (Å²) >= 11 is 3.55. The number of H-pyrrole nitrogens is 1. The monoisotopic (exact) mass is 488 g/mol. The number of rotatable bonds is 7. The Labute approximate surface area is 188 Å². The Morgan fingerprint density at radius 2 is 2.10 bits per heavy atom. The lowest BCUT2D eigenvalue weighted by molar-refractivity contribution is -0.138. The number of nitrogens with zero attached hydrogens (tertiary/aromatic N) is 5. The van der Waals surface area contributed by atoms with Crippen LogP contribution >= 0.6 is 15.9 Å². The van der Waals surface area contributed by atoms with E-state index in [1.165, 1.54) is 4.68 Å². The standard InChI is InChI=1S/C21H25BrN6O3/c1-26-7-5-16(6-8-26)28(12-15-11-27(25-24-15)13-20(30)31)19(29)9-14-10-23-21-17(14)3-2-4-18(21)22/h2-4,10-11,16,23H,5-9,12-13H2,1H3,(H,30,31).